The van der Waals surface area contributed by atoms with Crippen LogP contribution in [0.2, 0.25) is 0 Å². The van der Waals surface area contributed by atoms with Crippen molar-refractivity contribution in [1.82, 2.24) is 0 Å². The molecule has 33 heavy (non-hydrogen) atoms. The second-order valence-electron chi connectivity index (χ2n) is 8.53. The minimum Gasteiger partial charge on any atom is -0.147 e. The first kappa shape index (κ1) is 24.0. The van der Waals surface area contributed by atoms with Gasteiger partial charge in [-0.25, -0.2) is 0 Å². The summed E-state index contributed by atoms with van der Waals surface area (Å²) < 4.78 is 4.10. The summed E-state index contributed by atoms with van der Waals surface area (Å²) in [7, 11) is 0. The van der Waals surface area contributed by atoms with E-state index >= 15 is 0 Å². The summed E-state index contributed by atoms with van der Waals surface area (Å²) in [6.45, 7) is 0. The molecule has 0 bridgehead atoms. The molecule has 164 valence electrons. The van der Waals surface area contributed by atoms with Crippen molar-refractivity contribution in [2.75, 3.05) is 0 Å². The molecule has 6 rings (SSSR count). The summed E-state index contributed by atoms with van der Waals surface area (Å²) in [5, 5.41) is 0. The van der Waals surface area contributed by atoms with Crippen molar-refractivity contribution < 1.29 is 20.0 Å². The number of benzene rings is 4. The summed E-state index contributed by atoms with van der Waals surface area (Å²) in [5.74, 6) is 0. The van der Waals surface area contributed by atoms with Crippen LogP contribution in [0.5, 0.6) is 0 Å². The van der Waals surface area contributed by atoms with E-state index in [0.29, 0.717) is 7.35 Å². The van der Waals surface area contributed by atoms with E-state index in [1.807, 2.05) is 0 Å². The molecule has 2 aliphatic carbocycles. The molecule has 4 aromatic rings. The maximum Gasteiger partial charge on any atom is -0.147 e. The Morgan fingerprint density at radius 2 is 0.788 bits per heavy atom. The number of allylic oxidation sites excluding steroid dienone is 2. The first-order chi connectivity index (χ1) is 15.4. The molecule has 0 fully saturated rings. The van der Waals surface area contributed by atoms with Gasteiger partial charge >= 0.3 is 190 Å². The molecule has 2 atom stereocenters. The Kier molecular flexibility index (Phi) is 7.24. The third-order valence-electron chi connectivity index (χ3n) is 7.08. The van der Waals surface area contributed by atoms with Gasteiger partial charge in [0, 0.05) is 0 Å². The first-order valence-corrected chi connectivity index (χ1v) is 18.8. The zero-order chi connectivity index (χ0) is 20.7. The topological polar surface area (TPSA) is 0 Å². The van der Waals surface area contributed by atoms with Gasteiger partial charge in [0.1, 0.15) is 0 Å². The zero-order valence-electron chi connectivity index (χ0n) is 18.2. The quantitative estimate of drug-likeness (QED) is 0.209. The van der Waals surface area contributed by atoms with Gasteiger partial charge in [-0.05, 0) is 0 Å². The summed E-state index contributed by atoms with van der Waals surface area (Å²) >= 11 is -3.63. The van der Waals surface area contributed by atoms with Crippen molar-refractivity contribution in [3.8, 4) is 0 Å². The van der Waals surface area contributed by atoms with E-state index in [9.17, 15) is 0 Å². The largest absolute Gasteiger partial charge is 0.147 e. The van der Waals surface area contributed by atoms with Crippen LogP contribution in [0.25, 0.3) is 12.2 Å². The minimum absolute atomic E-state index is 0. The summed E-state index contributed by atoms with van der Waals surface area (Å²) in [5.41, 5.74) is 5.79. The molecular formula is C30H26Cl2Hf. The Balaban J connectivity index is 0.00000130. The molecule has 0 aliphatic heterocycles. The van der Waals surface area contributed by atoms with E-state index in [0.717, 1.165) is 0 Å². The normalized spacial score (nSPS) is 17.6. The third kappa shape index (κ3) is 3.81. The van der Waals surface area contributed by atoms with Crippen LogP contribution in [-0.2, 0) is 20.0 Å². The van der Waals surface area contributed by atoms with Crippen LogP contribution in [0.1, 0.15) is 29.6 Å². The molecule has 0 saturated heterocycles. The van der Waals surface area contributed by atoms with Crippen LogP contribution in [-0.4, -0.2) is 0 Å². The molecule has 0 amide bonds. The Morgan fingerprint density at radius 1 is 0.424 bits per heavy atom. The van der Waals surface area contributed by atoms with Gasteiger partial charge in [0.15, 0.2) is 0 Å². The SMILES string of the molecule is C1=C[CH]([Hf]([c]2ccccc2)([c]2ccccc2)[CH]2C=Cc3ccccc32)c2ccccc21.Cl.Cl. The van der Waals surface area contributed by atoms with Crippen molar-refractivity contribution in [2.24, 2.45) is 0 Å². The van der Waals surface area contributed by atoms with Crippen molar-refractivity contribution in [1.29, 1.82) is 0 Å². The van der Waals surface area contributed by atoms with Crippen molar-refractivity contribution in [3.63, 3.8) is 0 Å². The smallest absolute Gasteiger partial charge is 0.147 e. The number of halogens is 2. The molecule has 2 aliphatic rings. The van der Waals surface area contributed by atoms with Gasteiger partial charge < -0.3 is 0 Å². The molecule has 0 N–H and O–H groups in total. The van der Waals surface area contributed by atoms with Crippen molar-refractivity contribution >= 4 is 43.6 Å². The minimum atomic E-state index is -3.63. The van der Waals surface area contributed by atoms with E-state index in [1.165, 1.54) is 22.3 Å². The Morgan fingerprint density at radius 3 is 1.21 bits per heavy atom. The molecule has 0 spiro atoms. The van der Waals surface area contributed by atoms with E-state index in [1.54, 1.807) is 6.64 Å². The first-order valence-electron chi connectivity index (χ1n) is 11.0. The molecule has 2 unspecified atom stereocenters. The average molecular weight is 636 g/mol. The van der Waals surface area contributed by atoms with Gasteiger partial charge in [-0.1, -0.05) is 0 Å². The van der Waals surface area contributed by atoms with Gasteiger partial charge in [-0.15, -0.1) is 24.8 Å². The predicted molar refractivity (Wildman–Crippen MR) is 143 cm³/mol. The molecule has 0 radical (unpaired) electrons. The maximum atomic E-state index is 2.53. The second-order valence-corrected chi connectivity index (χ2v) is 23.4. The van der Waals surface area contributed by atoms with Crippen LogP contribution in [0.3, 0.4) is 0 Å². The van der Waals surface area contributed by atoms with Crippen LogP contribution in [0, 0.1) is 0 Å². The van der Waals surface area contributed by atoms with Crippen LogP contribution >= 0.6 is 24.8 Å². The number of rotatable bonds is 4. The van der Waals surface area contributed by atoms with E-state index in [2.05, 4.69) is 133 Å². The molecule has 0 heterocycles. The molecular weight excluding hydrogens is 610 g/mol. The van der Waals surface area contributed by atoms with E-state index < -0.39 is 20.0 Å². The van der Waals surface area contributed by atoms with Gasteiger partial charge in [0.05, 0.1) is 0 Å². The Bertz CT molecular complexity index is 1190. The Hall–Kier alpha value is -2.19. The van der Waals surface area contributed by atoms with Crippen LogP contribution < -0.4 is 6.64 Å². The fourth-order valence-electron chi connectivity index (χ4n) is 5.80. The predicted octanol–water partition coefficient (Wildman–Crippen LogP) is 7.17. The maximum absolute atomic E-state index is 3.63. The molecule has 0 aromatic heterocycles. The molecule has 0 nitrogen and oxygen atoms in total. The number of fused-ring (bicyclic) bond motifs is 2. The molecule has 0 saturated carbocycles. The average Bonchev–Trinajstić information content (AvgIpc) is 3.47. The monoisotopic (exact) mass is 636 g/mol. The fraction of sp³-hybridized carbons (Fsp3) is 0.0667. The Labute approximate surface area is 213 Å². The fourth-order valence-corrected chi connectivity index (χ4v) is 27.2. The summed E-state index contributed by atoms with van der Waals surface area (Å²) in [4.78, 5) is 0. The number of hydrogen-bond donors (Lipinski definition) is 0. The molecule has 4 aromatic carbocycles. The summed E-state index contributed by atoms with van der Waals surface area (Å²) in [6.07, 6.45) is 9.79. The zero-order valence-corrected chi connectivity index (χ0v) is 23.4. The van der Waals surface area contributed by atoms with Crippen molar-refractivity contribution in [2.45, 2.75) is 7.35 Å². The van der Waals surface area contributed by atoms with Crippen LogP contribution in [0.4, 0.5) is 0 Å². The molecule has 3 heteroatoms. The van der Waals surface area contributed by atoms with Gasteiger partial charge in [-0.2, -0.15) is 0 Å². The van der Waals surface area contributed by atoms with Crippen LogP contribution in [0.15, 0.2) is 121 Å². The standard InChI is InChI=1S/2C9H7.2C6H5.2ClH.Hf/c2*1-2-5-9-7-3-6-8(9)4-1;2*1-2-4-6-5-3-1;;;/h2*1-7H;2*1-5H;2*1H;. The van der Waals surface area contributed by atoms with Gasteiger partial charge in [-0.3, -0.25) is 0 Å². The van der Waals surface area contributed by atoms with E-state index in [4.69, 9.17) is 0 Å². The van der Waals surface area contributed by atoms with E-state index in [-0.39, 0.29) is 24.8 Å². The van der Waals surface area contributed by atoms with Crippen molar-refractivity contribution in [3.05, 3.63) is 144 Å². The number of hydrogen-bond acceptors (Lipinski definition) is 0. The van der Waals surface area contributed by atoms with Gasteiger partial charge in [0.25, 0.3) is 0 Å². The van der Waals surface area contributed by atoms with Gasteiger partial charge in [0.2, 0.25) is 0 Å². The summed E-state index contributed by atoms with van der Waals surface area (Å²) in [6, 6.07) is 41.0. The third-order valence-corrected chi connectivity index (χ3v) is 27.0. The second kappa shape index (κ2) is 9.97.